The molecule has 4 aromatic rings. The number of benzene rings is 3. The highest BCUT2D eigenvalue weighted by atomic mass is 16.5. The van der Waals surface area contributed by atoms with E-state index in [0.29, 0.717) is 22.9 Å². The van der Waals surface area contributed by atoms with Gasteiger partial charge in [-0.15, -0.1) is 10.2 Å². The summed E-state index contributed by atoms with van der Waals surface area (Å²) in [5, 5.41) is 12.0. The fourth-order valence-corrected chi connectivity index (χ4v) is 3.34. The second kappa shape index (κ2) is 9.00. The Morgan fingerprint density at radius 2 is 1.71 bits per heavy atom. The van der Waals surface area contributed by atoms with Gasteiger partial charge in [-0.25, -0.2) is 0 Å². The second-order valence-electron chi connectivity index (χ2n) is 7.70. The van der Waals surface area contributed by atoms with Gasteiger partial charge in [-0.1, -0.05) is 44.2 Å². The van der Waals surface area contributed by atoms with Crippen molar-refractivity contribution in [2.24, 2.45) is 0 Å². The van der Waals surface area contributed by atoms with Crippen LogP contribution in [0.15, 0.2) is 66.7 Å². The average molecular weight is 415 g/mol. The molecule has 0 unspecified atom stereocenters. The number of hydrogen-bond acceptors (Lipinski definition) is 4. The van der Waals surface area contributed by atoms with Gasteiger partial charge in [0, 0.05) is 5.69 Å². The summed E-state index contributed by atoms with van der Waals surface area (Å²) in [7, 11) is 0. The van der Waals surface area contributed by atoms with Gasteiger partial charge in [0.1, 0.15) is 16.8 Å². The first-order valence-corrected chi connectivity index (χ1v) is 10.5. The summed E-state index contributed by atoms with van der Waals surface area (Å²) in [6.45, 7) is 6.24. The van der Waals surface area contributed by atoms with Crippen LogP contribution in [0.5, 0.6) is 5.75 Å². The number of para-hydroxylation sites is 1. The molecule has 0 spiro atoms. The lowest BCUT2D eigenvalue weighted by molar-refractivity contribution is -0.118. The number of fused-ring (bicyclic) bond motifs is 1. The van der Waals surface area contributed by atoms with Crippen LogP contribution in [-0.4, -0.2) is 27.5 Å². The number of hydrogen-bond donors (Lipinski definition) is 1. The number of carbonyl (C=O) groups excluding carboxylic acids is 1. The number of nitrogens with zero attached hydrogens (tertiary/aromatic N) is 3. The summed E-state index contributed by atoms with van der Waals surface area (Å²) in [6, 6.07) is 21.4. The lowest BCUT2D eigenvalue weighted by Gasteiger charge is -2.11. The van der Waals surface area contributed by atoms with Crippen LogP contribution in [0.25, 0.3) is 16.7 Å². The maximum absolute atomic E-state index is 12.4. The summed E-state index contributed by atoms with van der Waals surface area (Å²) in [5.74, 6) is 0.971. The van der Waals surface area contributed by atoms with E-state index in [9.17, 15) is 4.79 Å². The Bertz CT molecular complexity index is 1180. The standard InChI is InChI=1S/C25H26N4O2/c1-4-17(2)19-10-12-21(13-11-19)31-16-25(30)26-22-15-24-23(14-18(22)3)27-29(28-24)20-8-6-5-7-9-20/h5-15,17H,4,16H2,1-3H3,(H,26,30)/t17-/m0/s1. The van der Waals surface area contributed by atoms with Crippen LogP contribution >= 0.6 is 0 Å². The molecule has 0 saturated carbocycles. The van der Waals surface area contributed by atoms with Gasteiger partial charge in [-0.2, -0.15) is 4.80 Å². The second-order valence-corrected chi connectivity index (χ2v) is 7.70. The highest BCUT2D eigenvalue weighted by molar-refractivity contribution is 5.95. The van der Waals surface area contributed by atoms with E-state index < -0.39 is 0 Å². The van der Waals surface area contributed by atoms with E-state index in [1.807, 2.05) is 61.5 Å². The molecule has 6 heteroatoms. The summed E-state index contributed by atoms with van der Waals surface area (Å²) in [5.41, 5.74) is 5.26. The molecule has 0 aliphatic rings. The Morgan fingerprint density at radius 1 is 1.03 bits per heavy atom. The van der Waals surface area contributed by atoms with Gasteiger partial charge < -0.3 is 10.1 Å². The van der Waals surface area contributed by atoms with E-state index in [0.717, 1.165) is 23.2 Å². The smallest absolute Gasteiger partial charge is 0.262 e. The molecule has 1 N–H and O–H groups in total. The summed E-state index contributed by atoms with van der Waals surface area (Å²) < 4.78 is 5.65. The van der Waals surface area contributed by atoms with E-state index >= 15 is 0 Å². The van der Waals surface area contributed by atoms with E-state index in [2.05, 4.69) is 41.5 Å². The van der Waals surface area contributed by atoms with Crippen LogP contribution in [-0.2, 0) is 4.79 Å². The molecule has 1 atom stereocenters. The molecule has 0 bridgehead atoms. The van der Waals surface area contributed by atoms with Crippen LogP contribution < -0.4 is 10.1 Å². The fourth-order valence-electron chi connectivity index (χ4n) is 3.34. The number of aryl methyl sites for hydroxylation is 1. The van der Waals surface area contributed by atoms with Gasteiger partial charge in [-0.3, -0.25) is 4.79 Å². The van der Waals surface area contributed by atoms with Crippen molar-refractivity contribution < 1.29 is 9.53 Å². The zero-order valence-electron chi connectivity index (χ0n) is 18.0. The van der Waals surface area contributed by atoms with Crippen molar-refractivity contribution >= 4 is 22.6 Å². The number of carbonyl (C=O) groups is 1. The quantitative estimate of drug-likeness (QED) is 0.448. The fraction of sp³-hybridized carbons (Fsp3) is 0.240. The Kier molecular flexibility index (Phi) is 5.98. The van der Waals surface area contributed by atoms with Gasteiger partial charge in [0.15, 0.2) is 6.61 Å². The SMILES string of the molecule is CC[C@H](C)c1ccc(OCC(=O)Nc2cc3nn(-c4ccccc4)nc3cc2C)cc1. The van der Waals surface area contributed by atoms with Crippen molar-refractivity contribution in [1.29, 1.82) is 0 Å². The third-order valence-corrected chi connectivity index (χ3v) is 5.42. The number of rotatable bonds is 7. The Morgan fingerprint density at radius 3 is 2.39 bits per heavy atom. The molecule has 4 rings (SSSR count). The average Bonchev–Trinajstić information content (AvgIpc) is 3.21. The molecule has 158 valence electrons. The highest BCUT2D eigenvalue weighted by Gasteiger charge is 2.11. The molecule has 0 aliphatic heterocycles. The van der Waals surface area contributed by atoms with E-state index in [-0.39, 0.29) is 12.5 Å². The summed E-state index contributed by atoms with van der Waals surface area (Å²) >= 11 is 0. The third-order valence-electron chi connectivity index (χ3n) is 5.42. The minimum absolute atomic E-state index is 0.0587. The van der Waals surface area contributed by atoms with Crippen LogP contribution in [0.2, 0.25) is 0 Å². The topological polar surface area (TPSA) is 69.0 Å². The Balaban J connectivity index is 1.43. The molecule has 0 saturated heterocycles. The molecule has 0 radical (unpaired) electrons. The maximum Gasteiger partial charge on any atom is 0.262 e. The zero-order valence-corrected chi connectivity index (χ0v) is 18.0. The third kappa shape index (κ3) is 4.74. The van der Waals surface area contributed by atoms with Crippen molar-refractivity contribution in [2.75, 3.05) is 11.9 Å². The molecule has 1 heterocycles. The number of anilines is 1. The van der Waals surface area contributed by atoms with Gasteiger partial charge in [0.2, 0.25) is 0 Å². The van der Waals surface area contributed by atoms with Crippen LogP contribution in [0, 0.1) is 6.92 Å². The summed E-state index contributed by atoms with van der Waals surface area (Å²) in [6.07, 6.45) is 1.09. The minimum Gasteiger partial charge on any atom is -0.484 e. The number of ether oxygens (including phenoxy) is 1. The Labute approximate surface area is 181 Å². The van der Waals surface area contributed by atoms with Crippen molar-refractivity contribution in [3.05, 3.63) is 77.9 Å². The van der Waals surface area contributed by atoms with Crippen LogP contribution in [0.4, 0.5) is 5.69 Å². The predicted octanol–water partition coefficient (Wildman–Crippen LogP) is 5.26. The predicted molar refractivity (Wildman–Crippen MR) is 123 cm³/mol. The van der Waals surface area contributed by atoms with Gasteiger partial charge in [-0.05, 0) is 66.8 Å². The zero-order chi connectivity index (χ0) is 21.8. The largest absolute Gasteiger partial charge is 0.484 e. The van der Waals surface area contributed by atoms with Crippen molar-refractivity contribution in [2.45, 2.75) is 33.1 Å². The summed E-state index contributed by atoms with van der Waals surface area (Å²) in [4.78, 5) is 14.0. The van der Waals surface area contributed by atoms with Crippen molar-refractivity contribution in [3.63, 3.8) is 0 Å². The molecule has 1 aromatic heterocycles. The molecule has 0 aliphatic carbocycles. The molecule has 31 heavy (non-hydrogen) atoms. The molecular formula is C25H26N4O2. The highest BCUT2D eigenvalue weighted by Crippen LogP contribution is 2.23. The van der Waals surface area contributed by atoms with Gasteiger partial charge in [0.25, 0.3) is 5.91 Å². The number of amides is 1. The lowest BCUT2D eigenvalue weighted by atomic mass is 9.99. The lowest BCUT2D eigenvalue weighted by Crippen LogP contribution is -2.20. The monoisotopic (exact) mass is 414 g/mol. The number of aromatic nitrogens is 3. The first-order chi connectivity index (χ1) is 15.0. The molecular weight excluding hydrogens is 388 g/mol. The van der Waals surface area contributed by atoms with Crippen molar-refractivity contribution in [1.82, 2.24) is 15.0 Å². The maximum atomic E-state index is 12.4. The normalized spacial score (nSPS) is 12.0. The molecule has 3 aromatic carbocycles. The minimum atomic E-state index is -0.219. The van der Waals surface area contributed by atoms with Crippen LogP contribution in [0.3, 0.4) is 0 Å². The van der Waals surface area contributed by atoms with Gasteiger partial charge in [0.05, 0.1) is 5.69 Å². The first kappa shape index (κ1) is 20.6. The van der Waals surface area contributed by atoms with Crippen LogP contribution in [0.1, 0.15) is 37.3 Å². The van der Waals surface area contributed by atoms with Crippen molar-refractivity contribution in [3.8, 4) is 11.4 Å². The number of nitrogens with one attached hydrogen (secondary N) is 1. The van der Waals surface area contributed by atoms with E-state index in [4.69, 9.17) is 4.74 Å². The van der Waals surface area contributed by atoms with E-state index in [1.54, 1.807) is 4.80 Å². The van der Waals surface area contributed by atoms with E-state index in [1.165, 1.54) is 5.56 Å². The molecule has 6 nitrogen and oxygen atoms in total. The molecule has 1 amide bonds. The first-order valence-electron chi connectivity index (χ1n) is 10.5. The molecule has 0 fully saturated rings. The Hall–Kier alpha value is -3.67. The van der Waals surface area contributed by atoms with Gasteiger partial charge >= 0.3 is 0 Å².